The molecule has 1 aromatic heterocycles. The van der Waals surface area contributed by atoms with Crippen molar-refractivity contribution in [3.63, 3.8) is 0 Å². The molecule has 152 valence electrons. The summed E-state index contributed by atoms with van der Waals surface area (Å²) in [7, 11) is 0. The molecule has 3 aromatic rings. The number of nitrogens with zero attached hydrogens (tertiary/aromatic N) is 2. The minimum atomic E-state index is -0.243. The van der Waals surface area contributed by atoms with Crippen molar-refractivity contribution in [1.29, 1.82) is 0 Å². The fraction of sp³-hybridized carbons (Fsp3) is 0.391. The number of oxazole rings is 1. The first-order chi connectivity index (χ1) is 13.9. The summed E-state index contributed by atoms with van der Waals surface area (Å²) in [4.78, 5) is 19.2. The second-order valence-corrected chi connectivity index (χ2v) is 8.62. The average molecular weight is 393 g/mol. The second-order valence-electron chi connectivity index (χ2n) is 8.62. The van der Waals surface area contributed by atoms with E-state index in [2.05, 4.69) is 65.6 Å². The summed E-state index contributed by atoms with van der Waals surface area (Å²) in [5, 5.41) is 5.77. The molecule has 0 spiro atoms. The fourth-order valence-corrected chi connectivity index (χ4v) is 3.48. The van der Waals surface area contributed by atoms with Crippen molar-refractivity contribution in [2.45, 2.75) is 45.6 Å². The molecule has 1 saturated heterocycles. The van der Waals surface area contributed by atoms with E-state index in [0.29, 0.717) is 18.1 Å². The quantitative estimate of drug-likeness (QED) is 0.652. The van der Waals surface area contributed by atoms with Crippen LogP contribution < -0.4 is 15.5 Å². The molecule has 1 fully saturated rings. The number of amides is 2. The van der Waals surface area contributed by atoms with Crippen LogP contribution in [0.5, 0.6) is 0 Å². The molecule has 2 heterocycles. The Bertz CT molecular complexity index is 996. The van der Waals surface area contributed by atoms with E-state index < -0.39 is 0 Å². The van der Waals surface area contributed by atoms with E-state index in [0.717, 1.165) is 29.8 Å². The van der Waals surface area contributed by atoms with Crippen LogP contribution in [0.1, 0.15) is 45.1 Å². The maximum absolute atomic E-state index is 12.3. The first-order valence-corrected chi connectivity index (χ1v) is 10.2. The Kier molecular flexibility index (Phi) is 5.18. The molecule has 6 nitrogen and oxygen atoms in total. The zero-order valence-corrected chi connectivity index (χ0v) is 17.3. The maximum atomic E-state index is 12.3. The normalized spacial score (nSPS) is 14.4. The topological polar surface area (TPSA) is 70.4 Å². The molecule has 0 radical (unpaired) electrons. The third-order valence-electron chi connectivity index (χ3n) is 5.15. The third-order valence-corrected chi connectivity index (χ3v) is 5.15. The number of carbonyl (C=O) groups excluding carboxylic acids is 1. The zero-order chi connectivity index (χ0) is 20.4. The smallest absolute Gasteiger partial charge is 0.319 e. The highest BCUT2D eigenvalue weighted by Crippen LogP contribution is 2.27. The standard InChI is InChI=1S/C23H28N4O2/c1-23(2,3)21-26-19-14-17(8-11-20(19)29-21)25-22(28)24-15-16-6-9-18(10-7-16)27-12-4-5-13-27/h6-11,14H,4-5,12-13,15H2,1-3H3,(H2,24,25,28). The van der Waals surface area contributed by atoms with Gasteiger partial charge in [-0.2, -0.15) is 0 Å². The van der Waals surface area contributed by atoms with Gasteiger partial charge in [0.2, 0.25) is 5.89 Å². The van der Waals surface area contributed by atoms with Gasteiger partial charge in [-0.3, -0.25) is 0 Å². The molecule has 1 aliphatic rings. The van der Waals surface area contributed by atoms with Crippen LogP contribution in [0.2, 0.25) is 0 Å². The molecular formula is C23H28N4O2. The van der Waals surface area contributed by atoms with Gasteiger partial charge in [-0.25, -0.2) is 9.78 Å². The predicted octanol–water partition coefficient (Wildman–Crippen LogP) is 5.05. The molecule has 6 heteroatoms. The summed E-state index contributed by atoms with van der Waals surface area (Å²) >= 11 is 0. The Morgan fingerprint density at radius 3 is 2.52 bits per heavy atom. The van der Waals surface area contributed by atoms with Crippen molar-refractivity contribution in [3.8, 4) is 0 Å². The number of fused-ring (bicyclic) bond motifs is 1. The third kappa shape index (κ3) is 4.53. The highest BCUT2D eigenvalue weighted by atomic mass is 16.3. The summed E-state index contributed by atoms with van der Waals surface area (Å²) in [6.45, 7) is 8.92. The number of urea groups is 1. The summed E-state index contributed by atoms with van der Waals surface area (Å²) in [5.41, 5.74) is 4.32. The molecule has 1 aliphatic heterocycles. The molecule has 29 heavy (non-hydrogen) atoms. The maximum Gasteiger partial charge on any atom is 0.319 e. The Labute approximate surface area is 171 Å². The lowest BCUT2D eigenvalue weighted by atomic mass is 9.97. The SMILES string of the molecule is CC(C)(C)c1nc2cc(NC(=O)NCc3ccc(N4CCCC4)cc3)ccc2o1. The van der Waals surface area contributed by atoms with Crippen LogP contribution in [0.15, 0.2) is 46.9 Å². The molecular weight excluding hydrogens is 364 g/mol. The van der Waals surface area contributed by atoms with Crippen LogP contribution >= 0.6 is 0 Å². The molecule has 0 saturated carbocycles. The second kappa shape index (κ2) is 7.78. The minimum absolute atomic E-state index is 0.158. The van der Waals surface area contributed by atoms with E-state index in [9.17, 15) is 4.79 Å². The minimum Gasteiger partial charge on any atom is -0.440 e. The Morgan fingerprint density at radius 1 is 1.10 bits per heavy atom. The van der Waals surface area contributed by atoms with Crippen molar-refractivity contribution in [1.82, 2.24) is 10.3 Å². The summed E-state index contributed by atoms with van der Waals surface area (Å²) in [5.74, 6) is 0.687. The Morgan fingerprint density at radius 2 is 1.83 bits per heavy atom. The summed E-state index contributed by atoms with van der Waals surface area (Å²) in [6.07, 6.45) is 2.53. The van der Waals surface area contributed by atoms with Gasteiger partial charge in [0.25, 0.3) is 0 Å². The molecule has 2 amide bonds. The van der Waals surface area contributed by atoms with E-state index in [1.807, 2.05) is 18.2 Å². The number of anilines is 2. The number of hydrogen-bond donors (Lipinski definition) is 2. The lowest BCUT2D eigenvalue weighted by Gasteiger charge is -2.17. The van der Waals surface area contributed by atoms with E-state index in [1.54, 1.807) is 0 Å². The largest absolute Gasteiger partial charge is 0.440 e. The fourth-order valence-electron chi connectivity index (χ4n) is 3.48. The summed E-state index contributed by atoms with van der Waals surface area (Å²) in [6, 6.07) is 13.7. The molecule has 0 unspecified atom stereocenters. The van der Waals surface area contributed by atoms with E-state index in [1.165, 1.54) is 18.5 Å². The molecule has 0 atom stereocenters. The van der Waals surface area contributed by atoms with E-state index in [-0.39, 0.29) is 11.4 Å². The van der Waals surface area contributed by atoms with Gasteiger partial charge in [0.05, 0.1) is 0 Å². The molecule has 0 aliphatic carbocycles. The van der Waals surface area contributed by atoms with E-state index in [4.69, 9.17) is 4.42 Å². The zero-order valence-electron chi connectivity index (χ0n) is 17.3. The number of hydrogen-bond acceptors (Lipinski definition) is 4. The van der Waals surface area contributed by atoms with Crippen LogP contribution in [-0.2, 0) is 12.0 Å². The van der Waals surface area contributed by atoms with Crippen LogP contribution in [0.25, 0.3) is 11.1 Å². The highest BCUT2D eigenvalue weighted by Gasteiger charge is 2.21. The van der Waals surface area contributed by atoms with Crippen LogP contribution in [0.3, 0.4) is 0 Å². The molecule has 4 rings (SSSR count). The molecule has 2 aromatic carbocycles. The first kappa shape index (κ1) is 19.3. The van der Waals surface area contributed by atoms with Gasteiger partial charge >= 0.3 is 6.03 Å². The Hall–Kier alpha value is -3.02. The van der Waals surface area contributed by atoms with Crippen LogP contribution in [0, 0.1) is 0 Å². The van der Waals surface area contributed by atoms with Gasteiger partial charge in [-0.05, 0) is 48.7 Å². The van der Waals surface area contributed by atoms with Crippen molar-refractivity contribution in [3.05, 3.63) is 53.9 Å². The number of benzene rings is 2. The van der Waals surface area contributed by atoms with Gasteiger partial charge in [0, 0.05) is 36.4 Å². The van der Waals surface area contributed by atoms with Gasteiger partial charge in [0.15, 0.2) is 5.58 Å². The highest BCUT2D eigenvalue weighted by molar-refractivity contribution is 5.91. The Balaban J connectivity index is 1.34. The summed E-state index contributed by atoms with van der Waals surface area (Å²) < 4.78 is 5.80. The van der Waals surface area contributed by atoms with Gasteiger partial charge in [0.1, 0.15) is 5.52 Å². The average Bonchev–Trinajstić information content (AvgIpc) is 3.36. The van der Waals surface area contributed by atoms with Gasteiger partial charge in [-0.15, -0.1) is 0 Å². The number of rotatable bonds is 4. The first-order valence-electron chi connectivity index (χ1n) is 10.2. The van der Waals surface area contributed by atoms with Crippen molar-refractivity contribution in [2.24, 2.45) is 0 Å². The van der Waals surface area contributed by atoms with Crippen molar-refractivity contribution >= 4 is 28.5 Å². The van der Waals surface area contributed by atoms with Gasteiger partial charge < -0.3 is 20.0 Å². The predicted molar refractivity (Wildman–Crippen MR) is 116 cm³/mol. The van der Waals surface area contributed by atoms with Gasteiger partial charge in [-0.1, -0.05) is 32.9 Å². The number of nitrogens with one attached hydrogen (secondary N) is 2. The molecule has 0 bridgehead atoms. The van der Waals surface area contributed by atoms with Crippen molar-refractivity contribution in [2.75, 3.05) is 23.3 Å². The lowest BCUT2D eigenvalue weighted by Crippen LogP contribution is -2.28. The monoisotopic (exact) mass is 392 g/mol. The van der Waals surface area contributed by atoms with Crippen LogP contribution in [0.4, 0.5) is 16.2 Å². The van der Waals surface area contributed by atoms with E-state index >= 15 is 0 Å². The number of carbonyl (C=O) groups is 1. The number of aromatic nitrogens is 1. The lowest BCUT2D eigenvalue weighted by molar-refractivity contribution is 0.251. The van der Waals surface area contributed by atoms with Crippen LogP contribution in [-0.4, -0.2) is 24.1 Å². The van der Waals surface area contributed by atoms with Crippen molar-refractivity contribution < 1.29 is 9.21 Å². The molecule has 2 N–H and O–H groups in total.